The molecule has 1 heteroatoms. The summed E-state index contributed by atoms with van der Waals surface area (Å²) in [6, 6.07) is 0. The van der Waals surface area contributed by atoms with E-state index < -0.39 is 0 Å². The second kappa shape index (κ2) is 9.04. The Bertz CT molecular complexity index is 437. The van der Waals surface area contributed by atoms with Gasteiger partial charge in [-0.15, -0.1) is 0 Å². The summed E-state index contributed by atoms with van der Waals surface area (Å²) in [5, 5.41) is 10.5. The maximum Gasteiger partial charge on any atom is 0.0645 e. The number of aliphatic hydroxyl groups is 1. The molecule has 1 rings (SSSR count). The number of rotatable bonds is 1. The largest absolute Gasteiger partial charge is 0.392 e. The minimum Gasteiger partial charge on any atom is -0.392 e. The molecule has 118 valence electrons. The SMILES string of the molecule is C=C(C)[C@H]1C/C=C(\C)CC/C=C(\C)CC/C=C(\C)C[C@@H]1O. The number of aliphatic hydroxyl groups excluding tert-OH is 1. The van der Waals surface area contributed by atoms with Crippen molar-refractivity contribution in [2.45, 2.75) is 72.3 Å². The van der Waals surface area contributed by atoms with Gasteiger partial charge in [-0.3, -0.25) is 0 Å². The molecule has 0 saturated carbocycles. The van der Waals surface area contributed by atoms with Crippen molar-refractivity contribution in [2.75, 3.05) is 0 Å². The van der Waals surface area contributed by atoms with Crippen LogP contribution >= 0.6 is 0 Å². The Balaban J connectivity index is 2.90. The average molecular weight is 288 g/mol. The van der Waals surface area contributed by atoms with Crippen molar-refractivity contribution in [2.24, 2.45) is 5.92 Å². The predicted molar refractivity (Wildman–Crippen MR) is 93.3 cm³/mol. The van der Waals surface area contributed by atoms with E-state index in [1.807, 2.05) is 6.92 Å². The normalized spacial score (nSPS) is 33.7. The van der Waals surface area contributed by atoms with Gasteiger partial charge in [0.2, 0.25) is 0 Å². The molecule has 0 aromatic carbocycles. The average Bonchev–Trinajstić information content (AvgIpc) is 2.37. The molecule has 1 nitrogen and oxygen atoms in total. The quantitative estimate of drug-likeness (QED) is 0.611. The van der Waals surface area contributed by atoms with E-state index >= 15 is 0 Å². The smallest absolute Gasteiger partial charge is 0.0645 e. The Morgan fingerprint density at radius 2 is 1.52 bits per heavy atom. The Morgan fingerprint density at radius 1 is 1.00 bits per heavy atom. The predicted octanol–water partition coefficient (Wildman–Crippen LogP) is 5.73. The van der Waals surface area contributed by atoms with Gasteiger partial charge in [-0.05, 0) is 66.2 Å². The van der Waals surface area contributed by atoms with Crippen LogP contribution in [0, 0.1) is 5.92 Å². The Hall–Kier alpha value is -1.08. The molecule has 21 heavy (non-hydrogen) atoms. The van der Waals surface area contributed by atoms with E-state index in [1.54, 1.807) is 0 Å². The van der Waals surface area contributed by atoms with Crippen molar-refractivity contribution < 1.29 is 5.11 Å². The molecule has 0 amide bonds. The second-order valence-corrected chi connectivity index (χ2v) is 6.69. The van der Waals surface area contributed by atoms with Gasteiger partial charge in [0.25, 0.3) is 0 Å². The zero-order valence-corrected chi connectivity index (χ0v) is 14.3. The lowest BCUT2D eigenvalue weighted by molar-refractivity contribution is 0.126. The first-order chi connectivity index (χ1) is 9.90. The first-order valence-corrected chi connectivity index (χ1v) is 8.20. The van der Waals surface area contributed by atoms with Crippen LogP contribution in [0.25, 0.3) is 0 Å². The number of hydrogen-bond donors (Lipinski definition) is 1. The fourth-order valence-electron chi connectivity index (χ4n) is 2.87. The maximum atomic E-state index is 10.5. The highest BCUT2D eigenvalue weighted by molar-refractivity contribution is 5.12. The van der Waals surface area contributed by atoms with Gasteiger partial charge < -0.3 is 5.11 Å². The zero-order valence-electron chi connectivity index (χ0n) is 14.3. The minimum atomic E-state index is -0.317. The molecule has 1 aliphatic rings. The minimum absolute atomic E-state index is 0.170. The van der Waals surface area contributed by atoms with Gasteiger partial charge in [0.15, 0.2) is 0 Å². The van der Waals surface area contributed by atoms with Crippen LogP contribution in [0.3, 0.4) is 0 Å². The van der Waals surface area contributed by atoms with E-state index in [-0.39, 0.29) is 12.0 Å². The second-order valence-electron chi connectivity index (χ2n) is 6.69. The highest BCUT2D eigenvalue weighted by Crippen LogP contribution is 2.25. The van der Waals surface area contributed by atoms with Crippen LogP contribution in [0.2, 0.25) is 0 Å². The van der Waals surface area contributed by atoms with Gasteiger partial charge in [-0.25, -0.2) is 0 Å². The van der Waals surface area contributed by atoms with Crippen molar-refractivity contribution in [3.63, 3.8) is 0 Å². The first kappa shape index (κ1) is 18.0. The Morgan fingerprint density at radius 3 is 2.10 bits per heavy atom. The summed E-state index contributed by atoms with van der Waals surface area (Å²) >= 11 is 0. The van der Waals surface area contributed by atoms with Crippen LogP contribution in [0.15, 0.2) is 47.1 Å². The van der Waals surface area contributed by atoms with E-state index in [4.69, 9.17) is 0 Å². The summed E-state index contributed by atoms with van der Waals surface area (Å²) in [5.41, 5.74) is 5.27. The molecule has 0 fully saturated rings. The monoisotopic (exact) mass is 288 g/mol. The summed E-state index contributed by atoms with van der Waals surface area (Å²) in [6.45, 7) is 12.7. The van der Waals surface area contributed by atoms with Crippen LogP contribution in [0.4, 0.5) is 0 Å². The third-order valence-corrected chi connectivity index (χ3v) is 4.41. The lowest BCUT2D eigenvalue weighted by Gasteiger charge is -2.23. The molecule has 0 saturated heterocycles. The van der Waals surface area contributed by atoms with Gasteiger partial charge in [0.1, 0.15) is 0 Å². The van der Waals surface area contributed by atoms with Crippen LogP contribution in [0.1, 0.15) is 66.2 Å². The fourth-order valence-corrected chi connectivity index (χ4v) is 2.87. The summed E-state index contributed by atoms with van der Waals surface area (Å²) in [6.07, 6.45) is 12.7. The van der Waals surface area contributed by atoms with E-state index in [9.17, 15) is 5.11 Å². The van der Waals surface area contributed by atoms with Crippen LogP contribution in [-0.2, 0) is 0 Å². The van der Waals surface area contributed by atoms with Gasteiger partial charge >= 0.3 is 0 Å². The molecular formula is C20H32O. The van der Waals surface area contributed by atoms with Crippen LogP contribution < -0.4 is 0 Å². The van der Waals surface area contributed by atoms with Crippen molar-refractivity contribution in [1.29, 1.82) is 0 Å². The van der Waals surface area contributed by atoms with Gasteiger partial charge in [0, 0.05) is 5.92 Å². The third kappa shape index (κ3) is 6.95. The summed E-state index contributed by atoms with van der Waals surface area (Å²) in [7, 11) is 0. The molecular weight excluding hydrogens is 256 g/mol. The van der Waals surface area contributed by atoms with Crippen molar-refractivity contribution >= 4 is 0 Å². The Kier molecular flexibility index (Phi) is 7.74. The van der Waals surface area contributed by atoms with Gasteiger partial charge in [-0.1, -0.05) is 47.1 Å². The molecule has 0 radical (unpaired) electrons. The standard InChI is InChI=1S/C20H32O/c1-15(2)19-13-12-17(4)10-6-8-16(3)9-7-11-18(5)14-20(19)21/h8,11-12,19-21H,1,6-7,9-10,13-14H2,2-5H3/b16-8+,17-12+,18-11+/t19-,20+/m1/s1. The molecule has 0 bridgehead atoms. The zero-order chi connectivity index (χ0) is 15.8. The van der Waals surface area contributed by atoms with E-state index in [2.05, 4.69) is 45.6 Å². The summed E-state index contributed by atoms with van der Waals surface area (Å²) in [4.78, 5) is 0. The molecule has 1 aliphatic carbocycles. The van der Waals surface area contributed by atoms with E-state index in [0.29, 0.717) is 0 Å². The maximum absolute atomic E-state index is 10.5. The lowest BCUT2D eigenvalue weighted by Crippen LogP contribution is -2.21. The molecule has 0 spiro atoms. The highest BCUT2D eigenvalue weighted by Gasteiger charge is 2.19. The van der Waals surface area contributed by atoms with Gasteiger partial charge in [-0.2, -0.15) is 0 Å². The molecule has 2 atom stereocenters. The summed E-state index contributed by atoms with van der Waals surface area (Å²) in [5.74, 6) is 0.170. The third-order valence-electron chi connectivity index (χ3n) is 4.41. The van der Waals surface area contributed by atoms with Crippen molar-refractivity contribution in [3.8, 4) is 0 Å². The molecule has 1 N–H and O–H groups in total. The first-order valence-electron chi connectivity index (χ1n) is 8.20. The molecule has 0 heterocycles. The molecule has 0 aromatic rings. The Labute approximate surface area is 131 Å². The van der Waals surface area contributed by atoms with E-state index in [1.165, 1.54) is 16.7 Å². The number of hydrogen-bond acceptors (Lipinski definition) is 1. The number of allylic oxidation sites excluding steroid dienone is 5. The van der Waals surface area contributed by atoms with E-state index in [0.717, 1.165) is 44.1 Å². The van der Waals surface area contributed by atoms with Crippen LogP contribution in [0.5, 0.6) is 0 Å². The van der Waals surface area contributed by atoms with Crippen molar-refractivity contribution in [1.82, 2.24) is 0 Å². The topological polar surface area (TPSA) is 20.2 Å². The molecule has 0 aliphatic heterocycles. The fraction of sp³-hybridized carbons (Fsp3) is 0.600. The van der Waals surface area contributed by atoms with Gasteiger partial charge in [0.05, 0.1) is 6.10 Å². The molecule has 0 aromatic heterocycles. The van der Waals surface area contributed by atoms with Crippen molar-refractivity contribution in [3.05, 3.63) is 47.1 Å². The lowest BCUT2D eigenvalue weighted by atomic mass is 9.87. The molecule has 0 unspecified atom stereocenters. The summed E-state index contributed by atoms with van der Waals surface area (Å²) < 4.78 is 0. The highest BCUT2D eigenvalue weighted by atomic mass is 16.3. The van der Waals surface area contributed by atoms with Crippen LogP contribution in [-0.4, -0.2) is 11.2 Å².